The molecule has 1 rings (SSSR count). The molecule has 73 heavy (non-hydrogen) atoms. The maximum atomic E-state index is 14.1. The summed E-state index contributed by atoms with van der Waals surface area (Å²) >= 11 is 0. The third-order valence-corrected chi connectivity index (χ3v) is 11.1. The van der Waals surface area contributed by atoms with Gasteiger partial charge in [0, 0.05) is 32.4 Å². The summed E-state index contributed by atoms with van der Waals surface area (Å²) in [7, 11) is 0. The maximum absolute atomic E-state index is 14.1. The predicted octanol–water partition coefficient (Wildman–Crippen LogP) is 4.63. The molecular formula is C40H58F17N5O11. The third-order valence-electron chi connectivity index (χ3n) is 11.1. The summed E-state index contributed by atoms with van der Waals surface area (Å²) in [6, 6.07) is -4.67. The average molecular weight is 1110 g/mol. The van der Waals surface area contributed by atoms with Crippen LogP contribution < -0.4 is 27.0 Å². The van der Waals surface area contributed by atoms with E-state index in [9.17, 15) is 114 Å². The zero-order valence-electron chi connectivity index (χ0n) is 39.2. The van der Waals surface area contributed by atoms with E-state index in [1.165, 1.54) is 13.8 Å². The number of hydrogen-bond acceptors (Lipinski definition) is 11. The number of halogens is 17. The van der Waals surface area contributed by atoms with Gasteiger partial charge in [0.05, 0.1) is 13.2 Å². The molecule has 1 fully saturated rings. The second-order valence-corrected chi connectivity index (χ2v) is 17.2. The summed E-state index contributed by atoms with van der Waals surface area (Å²) in [4.78, 5) is 62.0. The third kappa shape index (κ3) is 16.5. The fourth-order valence-electron chi connectivity index (χ4n) is 6.80. The largest absolute Gasteiger partial charge is 0.460 e. The number of aliphatic hydroxyl groups is 3. The highest BCUT2D eigenvalue weighted by atomic mass is 19.4. The minimum absolute atomic E-state index is 0.0127. The highest BCUT2D eigenvalue weighted by Gasteiger charge is 2.95. The van der Waals surface area contributed by atoms with Gasteiger partial charge in [0.25, 0.3) is 0 Å². The fourth-order valence-corrected chi connectivity index (χ4v) is 6.80. The Hall–Kier alpha value is -4.08. The molecule has 0 aromatic rings. The van der Waals surface area contributed by atoms with Gasteiger partial charge in [0.15, 0.2) is 6.29 Å². The number of rotatable bonds is 32. The van der Waals surface area contributed by atoms with E-state index in [1.807, 2.05) is 0 Å². The molecule has 33 heteroatoms. The van der Waals surface area contributed by atoms with Gasteiger partial charge in [-0.3, -0.25) is 24.0 Å². The zero-order valence-corrected chi connectivity index (χ0v) is 39.2. The second kappa shape index (κ2) is 26.6. The molecule has 1 heterocycles. The molecule has 16 nitrogen and oxygen atoms in total. The van der Waals surface area contributed by atoms with Crippen LogP contribution in [-0.4, -0.2) is 167 Å². The Balaban J connectivity index is 2.48. The van der Waals surface area contributed by atoms with Crippen LogP contribution in [0.25, 0.3) is 0 Å². The Kier molecular flexibility index (Phi) is 24.4. The smallest absolute Gasteiger partial charge is 0.394 e. The molecule has 1 aliphatic heterocycles. The molecule has 0 aromatic carbocycles. The first-order valence-electron chi connectivity index (χ1n) is 22.1. The van der Waals surface area contributed by atoms with Gasteiger partial charge in [-0.05, 0) is 40.0 Å². The van der Waals surface area contributed by atoms with Crippen LogP contribution in [0.1, 0.15) is 98.3 Å². The molecule has 0 bridgehead atoms. The normalized spacial score (nSPS) is 21.4. The van der Waals surface area contributed by atoms with Gasteiger partial charge in [0.2, 0.25) is 29.5 Å². The molecule has 9 atom stereocenters. The topological polar surface area (TPSA) is 248 Å². The van der Waals surface area contributed by atoms with Crippen molar-refractivity contribution >= 4 is 29.5 Å². The second-order valence-electron chi connectivity index (χ2n) is 17.2. The molecule has 0 aliphatic carbocycles. The number of nitrogens with two attached hydrogens (primary N) is 1. The lowest BCUT2D eigenvalue weighted by atomic mass is 9.87. The number of amides is 5. The van der Waals surface area contributed by atoms with Gasteiger partial charge in [-0.2, -0.15) is 74.6 Å². The Labute approximate surface area is 405 Å². The van der Waals surface area contributed by atoms with Gasteiger partial charge < -0.3 is 56.5 Å². The van der Waals surface area contributed by atoms with E-state index in [-0.39, 0.29) is 38.9 Å². The van der Waals surface area contributed by atoms with Crippen molar-refractivity contribution < 1.29 is 128 Å². The van der Waals surface area contributed by atoms with E-state index < -0.39 is 158 Å². The summed E-state index contributed by atoms with van der Waals surface area (Å²) in [5, 5.41) is 39.8. The molecule has 0 saturated carbocycles. The molecule has 1 aliphatic rings. The number of carbonyl (C=O) groups excluding carboxylic acids is 5. The molecule has 428 valence electrons. The minimum Gasteiger partial charge on any atom is -0.394 e. The van der Waals surface area contributed by atoms with E-state index in [2.05, 4.69) is 21.3 Å². The Bertz CT molecular complexity index is 1820. The lowest BCUT2D eigenvalue weighted by Gasteiger charge is -2.43. The summed E-state index contributed by atoms with van der Waals surface area (Å²) in [5.41, 5.74) is 5.38. The summed E-state index contributed by atoms with van der Waals surface area (Å²) in [6.07, 6.45) is -18.3. The van der Waals surface area contributed by atoms with Crippen LogP contribution in [0.2, 0.25) is 0 Å². The standard InChI is InChI=1S/C40H58F17N5O11/c1-19(59-25(65)14-13-23(29(58)67)62-30(68)20(2)60-31(69)21(3)72-28-26(61-22(4)64)32(70)73-24(17-63)27(28)66)18-71-16-12-10-8-6-5-7-9-11-15-33(41,42)34(43,44)35(45,46)36(47,48)37(49,50)38(51,52)39(53,54)40(55,56)57/h19-21,23-24,26-28,32,63,66,70H,5-18H2,1-4H3,(H2,58,67)(H,59,65)(H,60,69)(H,61,64)(H,62,68)/t19-,20-,21+,23+,24+,26+,27+,28+,32?/m0/s1. The first kappa shape index (κ1) is 66.9. The van der Waals surface area contributed by atoms with Gasteiger partial charge >= 0.3 is 47.6 Å². The van der Waals surface area contributed by atoms with Crippen LogP contribution in [0.4, 0.5) is 74.6 Å². The van der Waals surface area contributed by atoms with E-state index >= 15 is 0 Å². The first-order valence-corrected chi connectivity index (χ1v) is 22.1. The number of aliphatic hydroxyl groups excluding tert-OH is 3. The highest BCUT2D eigenvalue weighted by Crippen LogP contribution is 2.64. The predicted molar refractivity (Wildman–Crippen MR) is 215 cm³/mol. The van der Waals surface area contributed by atoms with E-state index in [0.29, 0.717) is 25.7 Å². The lowest BCUT2D eigenvalue weighted by molar-refractivity contribution is -0.461. The van der Waals surface area contributed by atoms with Crippen molar-refractivity contribution in [3.8, 4) is 0 Å². The number of primary amides is 1. The van der Waals surface area contributed by atoms with E-state index in [0.717, 1.165) is 6.92 Å². The molecule has 0 aromatic heterocycles. The quantitative estimate of drug-likeness (QED) is 0.0341. The highest BCUT2D eigenvalue weighted by molar-refractivity contribution is 5.92. The fraction of sp³-hybridized carbons (Fsp3) is 0.875. The molecule has 1 saturated heterocycles. The summed E-state index contributed by atoms with van der Waals surface area (Å²) in [6.45, 7) is 4.48. The number of unbranched alkanes of at least 4 members (excludes halogenated alkanes) is 7. The molecule has 5 amide bonds. The maximum Gasteiger partial charge on any atom is 0.460 e. The summed E-state index contributed by atoms with van der Waals surface area (Å²) < 4.78 is 245. The molecule has 9 N–H and O–H groups in total. The number of ether oxygens (including phenoxy) is 3. The molecule has 1 unspecified atom stereocenters. The Morgan fingerprint density at radius 3 is 1.62 bits per heavy atom. The number of carbonyl (C=O) groups is 5. The van der Waals surface area contributed by atoms with E-state index in [4.69, 9.17) is 19.9 Å². The van der Waals surface area contributed by atoms with Gasteiger partial charge in [-0.25, -0.2) is 0 Å². The monoisotopic (exact) mass is 1110 g/mol. The van der Waals surface area contributed by atoms with Crippen molar-refractivity contribution in [2.45, 2.75) is 201 Å². The van der Waals surface area contributed by atoms with Gasteiger partial charge in [0.1, 0.15) is 42.5 Å². The molecule has 0 radical (unpaired) electrons. The van der Waals surface area contributed by atoms with Gasteiger partial charge in [-0.1, -0.05) is 38.5 Å². The Morgan fingerprint density at radius 1 is 0.658 bits per heavy atom. The van der Waals surface area contributed by atoms with Crippen LogP contribution >= 0.6 is 0 Å². The van der Waals surface area contributed by atoms with Crippen molar-refractivity contribution in [1.29, 1.82) is 0 Å². The number of nitrogens with one attached hydrogen (secondary N) is 4. The summed E-state index contributed by atoms with van der Waals surface area (Å²) in [5.74, 6) is -60.5. The van der Waals surface area contributed by atoms with Crippen molar-refractivity contribution in [3.63, 3.8) is 0 Å². The van der Waals surface area contributed by atoms with Crippen LogP contribution in [0.5, 0.6) is 0 Å². The van der Waals surface area contributed by atoms with Crippen molar-refractivity contribution in [1.82, 2.24) is 21.3 Å². The molecule has 0 spiro atoms. The van der Waals surface area contributed by atoms with Crippen LogP contribution in [0, 0.1) is 0 Å². The number of hydrogen-bond donors (Lipinski definition) is 8. The van der Waals surface area contributed by atoms with Crippen LogP contribution in [0.15, 0.2) is 0 Å². The zero-order chi connectivity index (χ0) is 56.9. The Morgan fingerprint density at radius 2 is 1.14 bits per heavy atom. The minimum atomic E-state index is -8.66. The molecular weight excluding hydrogens is 1050 g/mol. The van der Waals surface area contributed by atoms with Crippen LogP contribution in [0.3, 0.4) is 0 Å². The van der Waals surface area contributed by atoms with E-state index in [1.54, 1.807) is 6.92 Å². The van der Waals surface area contributed by atoms with Crippen molar-refractivity contribution in [2.75, 3.05) is 19.8 Å². The van der Waals surface area contributed by atoms with Gasteiger partial charge in [-0.15, -0.1) is 0 Å². The average Bonchev–Trinajstić information content (AvgIpc) is 3.26. The van der Waals surface area contributed by atoms with Crippen LogP contribution in [-0.2, 0) is 38.2 Å². The van der Waals surface area contributed by atoms with Crippen molar-refractivity contribution in [2.24, 2.45) is 5.73 Å². The van der Waals surface area contributed by atoms with Crippen molar-refractivity contribution in [3.05, 3.63) is 0 Å². The SMILES string of the molecule is CC(=O)N[C@H]1C(O)O[C@H](CO)[C@@H](O)[C@@H]1O[C@H](C)C(=O)N[C@@H](C)C(=O)N[C@H](CCC(=O)N[C@@H](C)COCCCCCCCCCCC(F)(F)C(F)(F)C(F)(F)C(F)(F)C(F)(F)C(F)(F)C(F)(F)C(F)(F)F)C(N)=O. The first-order chi connectivity index (χ1) is 33.1. The lowest BCUT2D eigenvalue weighted by Crippen LogP contribution is -2.74. The number of alkyl halides is 17.